The number of nitrogens with one attached hydrogen (secondary N) is 1. The number of nitrogens with zero attached hydrogens (tertiary/aromatic N) is 2. The molecule has 0 bridgehead atoms. The van der Waals surface area contributed by atoms with Crippen LogP contribution in [-0.2, 0) is 21.2 Å². The summed E-state index contributed by atoms with van der Waals surface area (Å²) >= 11 is 0. The first-order valence-electron chi connectivity index (χ1n) is 7.43. The van der Waals surface area contributed by atoms with Crippen LogP contribution >= 0.6 is 0 Å². The highest BCUT2D eigenvalue weighted by Crippen LogP contribution is 2.16. The number of carbonyl (C=O) groups is 1. The van der Waals surface area contributed by atoms with E-state index < -0.39 is 9.84 Å². The number of hydrogen-bond acceptors (Lipinski definition) is 4. The van der Waals surface area contributed by atoms with Crippen LogP contribution in [0.25, 0.3) is 11.0 Å². The monoisotopic (exact) mass is 343 g/mol. The lowest BCUT2D eigenvalue weighted by Gasteiger charge is -2.08. The Balaban J connectivity index is 1.66. The molecule has 0 aliphatic rings. The second kappa shape index (κ2) is 6.45. The first-order valence-corrected chi connectivity index (χ1v) is 9.32. The number of fused-ring (bicyclic) bond motifs is 1. The third kappa shape index (κ3) is 3.62. The number of aryl methyl sites for hydroxylation is 1. The lowest BCUT2D eigenvalue weighted by molar-refractivity contribution is -0.116. The summed E-state index contributed by atoms with van der Waals surface area (Å²) in [7, 11) is -3.30. The van der Waals surface area contributed by atoms with Gasteiger partial charge in [0.2, 0.25) is 5.91 Å². The van der Waals surface area contributed by atoms with Crippen molar-refractivity contribution in [1.29, 1.82) is 0 Å². The first-order chi connectivity index (χ1) is 11.4. The summed E-state index contributed by atoms with van der Waals surface area (Å²) in [5.74, 6) is -0.182. The Morgan fingerprint density at radius 2 is 1.96 bits per heavy atom. The van der Waals surface area contributed by atoms with Gasteiger partial charge in [0.25, 0.3) is 0 Å². The Morgan fingerprint density at radius 1 is 1.17 bits per heavy atom. The molecule has 1 heterocycles. The van der Waals surface area contributed by atoms with Gasteiger partial charge in [0.1, 0.15) is 0 Å². The van der Waals surface area contributed by atoms with Crippen molar-refractivity contribution in [3.63, 3.8) is 0 Å². The number of benzene rings is 2. The van der Waals surface area contributed by atoms with Gasteiger partial charge in [-0.15, -0.1) is 0 Å². The van der Waals surface area contributed by atoms with Crippen LogP contribution < -0.4 is 5.32 Å². The number of aromatic nitrogens is 2. The fourth-order valence-corrected chi connectivity index (χ4v) is 3.11. The molecule has 2 aromatic carbocycles. The van der Waals surface area contributed by atoms with Gasteiger partial charge in [0, 0.05) is 24.9 Å². The van der Waals surface area contributed by atoms with Crippen molar-refractivity contribution in [2.75, 3.05) is 11.6 Å². The van der Waals surface area contributed by atoms with Crippen molar-refractivity contribution in [2.45, 2.75) is 17.9 Å². The second-order valence-electron chi connectivity index (χ2n) is 5.52. The number of hydrogen-bond donors (Lipinski definition) is 1. The molecule has 0 aliphatic carbocycles. The Bertz CT molecular complexity index is 993. The maximum Gasteiger partial charge on any atom is 0.226 e. The summed E-state index contributed by atoms with van der Waals surface area (Å²) in [5, 5.41) is 2.73. The number of anilines is 1. The van der Waals surface area contributed by atoms with Crippen LogP contribution in [0.4, 0.5) is 5.69 Å². The molecule has 0 atom stereocenters. The van der Waals surface area contributed by atoms with Gasteiger partial charge >= 0.3 is 0 Å². The average Bonchev–Trinajstić information content (AvgIpc) is 2.96. The predicted octanol–water partition coefficient (Wildman–Crippen LogP) is 2.47. The minimum atomic E-state index is -3.30. The number of sulfone groups is 1. The van der Waals surface area contributed by atoms with Gasteiger partial charge in [0.05, 0.1) is 22.3 Å². The molecule has 0 aliphatic heterocycles. The highest BCUT2D eigenvalue weighted by molar-refractivity contribution is 7.90. The molecule has 3 rings (SSSR count). The third-order valence-electron chi connectivity index (χ3n) is 3.65. The molecule has 1 aromatic heterocycles. The molecule has 0 radical (unpaired) electrons. The van der Waals surface area contributed by atoms with Gasteiger partial charge in [-0.25, -0.2) is 13.4 Å². The van der Waals surface area contributed by atoms with Crippen LogP contribution in [0.15, 0.2) is 59.8 Å². The smallest absolute Gasteiger partial charge is 0.226 e. The third-order valence-corrected chi connectivity index (χ3v) is 4.76. The van der Waals surface area contributed by atoms with E-state index in [0.717, 1.165) is 17.3 Å². The van der Waals surface area contributed by atoms with E-state index in [4.69, 9.17) is 0 Å². The Hall–Kier alpha value is -2.67. The lowest BCUT2D eigenvalue weighted by Crippen LogP contribution is -2.14. The molecule has 3 aromatic rings. The number of amides is 1. The normalized spacial score (nSPS) is 11.5. The molecule has 24 heavy (non-hydrogen) atoms. The van der Waals surface area contributed by atoms with Crippen molar-refractivity contribution in [3.05, 3.63) is 54.9 Å². The summed E-state index contributed by atoms with van der Waals surface area (Å²) in [5.41, 5.74) is 2.33. The molecule has 6 nitrogen and oxygen atoms in total. The maximum absolute atomic E-state index is 12.1. The van der Waals surface area contributed by atoms with E-state index in [-0.39, 0.29) is 17.2 Å². The van der Waals surface area contributed by atoms with E-state index in [0.29, 0.717) is 12.2 Å². The van der Waals surface area contributed by atoms with Crippen LogP contribution in [-0.4, -0.2) is 30.1 Å². The van der Waals surface area contributed by atoms with E-state index in [1.165, 1.54) is 12.1 Å². The number of rotatable bonds is 5. The van der Waals surface area contributed by atoms with E-state index in [9.17, 15) is 13.2 Å². The molecular weight excluding hydrogens is 326 g/mol. The number of carbonyl (C=O) groups excluding carboxylic acids is 1. The molecule has 0 saturated carbocycles. The first kappa shape index (κ1) is 16.2. The zero-order valence-corrected chi connectivity index (χ0v) is 14.0. The van der Waals surface area contributed by atoms with Crippen molar-refractivity contribution < 1.29 is 13.2 Å². The molecule has 7 heteroatoms. The second-order valence-corrected chi connectivity index (χ2v) is 7.54. The zero-order valence-electron chi connectivity index (χ0n) is 13.1. The van der Waals surface area contributed by atoms with Gasteiger partial charge in [-0.3, -0.25) is 4.79 Å². The summed E-state index contributed by atoms with van der Waals surface area (Å²) in [6, 6.07) is 14.0. The van der Waals surface area contributed by atoms with Crippen LogP contribution in [0.1, 0.15) is 6.42 Å². The van der Waals surface area contributed by atoms with Crippen LogP contribution in [0.3, 0.4) is 0 Å². The van der Waals surface area contributed by atoms with Crippen molar-refractivity contribution in [3.8, 4) is 0 Å². The van der Waals surface area contributed by atoms with E-state index in [2.05, 4.69) is 10.3 Å². The largest absolute Gasteiger partial charge is 0.330 e. The Kier molecular flexibility index (Phi) is 4.35. The molecule has 1 amide bonds. The molecule has 0 saturated heterocycles. The number of imidazole rings is 1. The van der Waals surface area contributed by atoms with Gasteiger partial charge < -0.3 is 9.88 Å². The molecule has 0 unspecified atom stereocenters. The average molecular weight is 343 g/mol. The molecule has 124 valence electrons. The highest BCUT2D eigenvalue weighted by Gasteiger charge is 2.09. The van der Waals surface area contributed by atoms with Crippen LogP contribution in [0.2, 0.25) is 0 Å². The van der Waals surface area contributed by atoms with Crippen LogP contribution in [0, 0.1) is 0 Å². The van der Waals surface area contributed by atoms with E-state index in [1.807, 2.05) is 28.8 Å². The topological polar surface area (TPSA) is 81.1 Å². The summed E-state index contributed by atoms with van der Waals surface area (Å²) in [4.78, 5) is 16.6. The van der Waals surface area contributed by atoms with Crippen LogP contribution in [0.5, 0.6) is 0 Å². The quantitative estimate of drug-likeness (QED) is 0.772. The molecule has 1 N–H and O–H groups in total. The predicted molar refractivity (Wildman–Crippen MR) is 92.5 cm³/mol. The zero-order chi connectivity index (χ0) is 17.2. The Labute approximate surface area is 140 Å². The Morgan fingerprint density at radius 3 is 2.75 bits per heavy atom. The molecular formula is C17H17N3O3S. The molecule has 0 spiro atoms. The van der Waals surface area contributed by atoms with Gasteiger partial charge in [0.15, 0.2) is 9.84 Å². The fourth-order valence-electron chi connectivity index (χ4n) is 2.44. The highest BCUT2D eigenvalue weighted by atomic mass is 32.2. The van der Waals surface area contributed by atoms with Crippen molar-refractivity contribution in [1.82, 2.24) is 9.55 Å². The van der Waals surface area contributed by atoms with E-state index in [1.54, 1.807) is 18.5 Å². The summed E-state index contributed by atoms with van der Waals surface area (Å²) < 4.78 is 25.0. The van der Waals surface area contributed by atoms with Gasteiger partial charge in [-0.05, 0) is 30.3 Å². The standard InChI is InChI=1S/C17H17N3O3S/c1-24(22,23)14-6-4-5-13(11-14)19-17(21)9-10-20-12-18-15-7-2-3-8-16(15)20/h2-8,11-12H,9-10H2,1H3,(H,19,21). The summed E-state index contributed by atoms with van der Waals surface area (Å²) in [6.45, 7) is 0.498. The lowest BCUT2D eigenvalue weighted by atomic mass is 10.3. The maximum atomic E-state index is 12.1. The summed E-state index contributed by atoms with van der Waals surface area (Å²) in [6.07, 6.45) is 3.11. The van der Waals surface area contributed by atoms with Crippen molar-refractivity contribution in [2.24, 2.45) is 0 Å². The van der Waals surface area contributed by atoms with Crippen molar-refractivity contribution >= 4 is 32.5 Å². The van der Waals surface area contributed by atoms with Gasteiger partial charge in [-0.2, -0.15) is 0 Å². The SMILES string of the molecule is CS(=O)(=O)c1cccc(NC(=O)CCn2cnc3ccccc32)c1. The fraction of sp³-hybridized carbons (Fsp3) is 0.176. The minimum absolute atomic E-state index is 0.181. The van der Waals surface area contributed by atoms with Gasteiger partial charge in [-0.1, -0.05) is 18.2 Å². The molecule has 0 fully saturated rings. The minimum Gasteiger partial charge on any atom is -0.330 e. The number of para-hydroxylation sites is 2. The van der Waals surface area contributed by atoms with E-state index >= 15 is 0 Å².